The van der Waals surface area contributed by atoms with E-state index in [2.05, 4.69) is 19.8 Å². The molecule has 1 aliphatic carbocycles. The minimum absolute atomic E-state index is 0.241. The summed E-state index contributed by atoms with van der Waals surface area (Å²) in [6, 6.07) is 0.561. The van der Waals surface area contributed by atoms with Gasteiger partial charge in [-0.3, -0.25) is 10.00 Å². The Kier molecular flexibility index (Phi) is 4.41. The molecule has 112 valence electrons. The molecule has 0 amide bonds. The van der Waals surface area contributed by atoms with Gasteiger partial charge in [0, 0.05) is 19.1 Å². The smallest absolute Gasteiger partial charge is 0.340 e. The lowest BCUT2D eigenvalue weighted by atomic mass is 10.4. The fourth-order valence-electron chi connectivity index (χ4n) is 2.07. The maximum atomic E-state index is 12.0. The molecule has 0 aliphatic heterocycles. The lowest BCUT2D eigenvalue weighted by molar-refractivity contribution is 0.0692. The highest BCUT2D eigenvalue weighted by molar-refractivity contribution is 7.89. The van der Waals surface area contributed by atoms with Crippen LogP contribution in [0.2, 0.25) is 0 Å². The van der Waals surface area contributed by atoms with Crippen molar-refractivity contribution in [2.75, 3.05) is 19.6 Å². The van der Waals surface area contributed by atoms with Crippen molar-refractivity contribution in [2.45, 2.75) is 30.8 Å². The number of nitrogens with zero attached hydrogens (tertiary/aromatic N) is 2. The van der Waals surface area contributed by atoms with Gasteiger partial charge >= 0.3 is 5.97 Å². The molecular weight excluding hydrogens is 284 g/mol. The summed E-state index contributed by atoms with van der Waals surface area (Å²) in [5.41, 5.74) is -0.355. The summed E-state index contributed by atoms with van der Waals surface area (Å²) in [5.74, 6) is -1.33. The summed E-state index contributed by atoms with van der Waals surface area (Å²) >= 11 is 0. The van der Waals surface area contributed by atoms with Gasteiger partial charge in [0.1, 0.15) is 5.56 Å². The highest BCUT2D eigenvalue weighted by Crippen LogP contribution is 2.25. The molecule has 0 aromatic carbocycles. The Labute approximate surface area is 117 Å². The van der Waals surface area contributed by atoms with Gasteiger partial charge in [-0.25, -0.2) is 17.9 Å². The first-order valence-corrected chi connectivity index (χ1v) is 7.94. The van der Waals surface area contributed by atoms with E-state index in [-0.39, 0.29) is 12.1 Å². The number of sulfonamides is 1. The highest BCUT2D eigenvalue weighted by atomic mass is 32.2. The van der Waals surface area contributed by atoms with E-state index in [1.54, 1.807) is 0 Å². The summed E-state index contributed by atoms with van der Waals surface area (Å²) < 4.78 is 26.4. The predicted molar refractivity (Wildman–Crippen MR) is 71.0 cm³/mol. The Balaban J connectivity index is 1.96. The number of hydrogen-bond acceptors (Lipinski definition) is 5. The van der Waals surface area contributed by atoms with E-state index in [9.17, 15) is 13.2 Å². The summed E-state index contributed by atoms with van der Waals surface area (Å²) in [6.07, 6.45) is 3.30. The van der Waals surface area contributed by atoms with Crippen molar-refractivity contribution < 1.29 is 18.3 Å². The van der Waals surface area contributed by atoms with Crippen LogP contribution < -0.4 is 4.72 Å². The number of carbonyl (C=O) groups is 1. The largest absolute Gasteiger partial charge is 0.478 e. The lowest BCUT2D eigenvalue weighted by Crippen LogP contribution is -2.36. The van der Waals surface area contributed by atoms with Gasteiger partial charge in [0.25, 0.3) is 10.0 Å². The van der Waals surface area contributed by atoms with Gasteiger partial charge in [-0.2, -0.15) is 5.10 Å². The Hall–Kier alpha value is -1.45. The number of carboxylic acids is 1. The van der Waals surface area contributed by atoms with Crippen molar-refractivity contribution in [1.82, 2.24) is 19.8 Å². The standard InChI is InChI=1S/C11H18N4O4S/c1-2-15(8-3-4-8)6-5-13-20(18,19)10-9(11(16)17)7-12-14-10/h7-8,13H,2-6H2,1H3,(H,12,14)(H,16,17). The number of aromatic carboxylic acids is 1. The predicted octanol–water partition coefficient (Wildman–Crippen LogP) is -0.129. The maximum absolute atomic E-state index is 12.0. The molecule has 1 aliphatic rings. The number of aromatic nitrogens is 2. The van der Waals surface area contributed by atoms with Crippen LogP contribution in [0.5, 0.6) is 0 Å². The van der Waals surface area contributed by atoms with E-state index in [4.69, 9.17) is 5.11 Å². The van der Waals surface area contributed by atoms with Crippen LogP contribution >= 0.6 is 0 Å². The Morgan fingerprint density at radius 2 is 2.30 bits per heavy atom. The Bertz CT molecular complexity index is 579. The summed E-state index contributed by atoms with van der Waals surface area (Å²) in [4.78, 5) is 13.1. The molecule has 0 atom stereocenters. The molecule has 2 rings (SSSR count). The van der Waals surface area contributed by atoms with Gasteiger partial charge in [0.15, 0.2) is 5.03 Å². The summed E-state index contributed by atoms with van der Waals surface area (Å²) in [6.45, 7) is 3.75. The van der Waals surface area contributed by atoms with E-state index in [1.807, 2.05) is 6.92 Å². The van der Waals surface area contributed by atoms with Crippen LogP contribution in [-0.2, 0) is 10.0 Å². The van der Waals surface area contributed by atoms with Crippen LogP contribution in [0.3, 0.4) is 0 Å². The molecule has 8 nitrogen and oxygen atoms in total. The Morgan fingerprint density at radius 1 is 1.60 bits per heavy atom. The SMILES string of the molecule is CCN(CCNS(=O)(=O)c1[nH]ncc1C(=O)O)C1CC1. The van der Waals surface area contributed by atoms with Crippen LogP contribution in [0.25, 0.3) is 0 Å². The van der Waals surface area contributed by atoms with Gasteiger partial charge in [0.05, 0.1) is 6.20 Å². The molecule has 1 fully saturated rings. The third kappa shape index (κ3) is 3.35. The Morgan fingerprint density at radius 3 is 2.85 bits per heavy atom. The first-order valence-electron chi connectivity index (χ1n) is 6.46. The quantitative estimate of drug-likeness (QED) is 0.616. The highest BCUT2D eigenvalue weighted by Gasteiger charge is 2.28. The van der Waals surface area contributed by atoms with Gasteiger partial charge in [-0.05, 0) is 19.4 Å². The van der Waals surface area contributed by atoms with Crippen LogP contribution in [0.1, 0.15) is 30.1 Å². The van der Waals surface area contributed by atoms with Crippen molar-refractivity contribution in [3.63, 3.8) is 0 Å². The van der Waals surface area contributed by atoms with Gasteiger partial charge < -0.3 is 5.11 Å². The third-order valence-electron chi connectivity index (χ3n) is 3.26. The second kappa shape index (κ2) is 5.90. The normalized spacial score (nSPS) is 15.7. The molecule has 0 bridgehead atoms. The lowest BCUT2D eigenvalue weighted by Gasteiger charge is -2.19. The van der Waals surface area contributed by atoms with Crippen molar-refractivity contribution in [3.8, 4) is 0 Å². The van der Waals surface area contributed by atoms with Gasteiger partial charge in [-0.15, -0.1) is 0 Å². The van der Waals surface area contributed by atoms with E-state index >= 15 is 0 Å². The number of likely N-dealkylation sites (N-methyl/N-ethyl adjacent to an activating group) is 1. The van der Waals surface area contributed by atoms with Crippen LogP contribution in [0.4, 0.5) is 0 Å². The fraction of sp³-hybridized carbons (Fsp3) is 0.636. The average Bonchev–Trinajstić information content (AvgIpc) is 3.08. The molecule has 1 heterocycles. The zero-order valence-electron chi connectivity index (χ0n) is 11.2. The zero-order chi connectivity index (χ0) is 14.8. The number of hydrogen-bond donors (Lipinski definition) is 3. The zero-order valence-corrected chi connectivity index (χ0v) is 12.0. The molecule has 1 aromatic rings. The minimum Gasteiger partial charge on any atom is -0.478 e. The summed E-state index contributed by atoms with van der Waals surface area (Å²) in [7, 11) is -3.88. The molecule has 20 heavy (non-hydrogen) atoms. The number of rotatable bonds is 8. The van der Waals surface area contributed by atoms with Crippen LogP contribution in [0, 0.1) is 0 Å². The van der Waals surface area contributed by atoms with E-state index in [0.29, 0.717) is 12.6 Å². The molecule has 0 unspecified atom stereocenters. The second-order valence-corrected chi connectivity index (χ2v) is 6.38. The first-order chi connectivity index (χ1) is 9.45. The molecule has 0 spiro atoms. The topological polar surface area (TPSA) is 115 Å². The summed E-state index contributed by atoms with van der Waals surface area (Å²) in [5, 5.41) is 14.2. The molecule has 0 radical (unpaired) electrons. The van der Waals surface area contributed by atoms with Crippen molar-refractivity contribution >= 4 is 16.0 Å². The number of carboxylic acid groups (broad SMARTS) is 1. The number of aromatic amines is 1. The van der Waals surface area contributed by atoms with Crippen LogP contribution in [0.15, 0.2) is 11.2 Å². The third-order valence-corrected chi connectivity index (χ3v) is 4.70. The van der Waals surface area contributed by atoms with Crippen molar-refractivity contribution in [2.24, 2.45) is 0 Å². The van der Waals surface area contributed by atoms with E-state index in [1.165, 1.54) is 0 Å². The molecule has 9 heteroatoms. The van der Waals surface area contributed by atoms with Crippen molar-refractivity contribution in [1.29, 1.82) is 0 Å². The maximum Gasteiger partial charge on any atom is 0.340 e. The number of nitrogens with one attached hydrogen (secondary N) is 2. The van der Waals surface area contributed by atoms with Gasteiger partial charge in [-0.1, -0.05) is 6.92 Å². The first kappa shape index (κ1) is 14.9. The molecular formula is C11H18N4O4S. The molecule has 1 aromatic heterocycles. The van der Waals surface area contributed by atoms with E-state index in [0.717, 1.165) is 25.6 Å². The van der Waals surface area contributed by atoms with Crippen LogP contribution in [-0.4, -0.2) is 60.3 Å². The monoisotopic (exact) mass is 302 g/mol. The molecule has 1 saturated carbocycles. The molecule has 0 saturated heterocycles. The average molecular weight is 302 g/mol. The fourth-order valence-corrected chi connectivity index (χ4v) is 3.17. The van der Waals surface area contributed by atoms with E-state index < -0.39 is 21.0 Å². The number of H-pyrrole nitrogens is 1. The molecule has 3 N–H and O–H groups in total. The second-order valence-electron chi connectivity index (χ2n) is 4.68. The minimum atomic E-state index is -3.88. The van der Waals surface area contributed by atoms with Crippen molar-refractivity contribution in [3.05, 3.63) is 11.8 Å². The van der Waals surface area contributed by atoms with Gasteiger partial charge in [0.2, 0.25) is 0 Å².